The van der Waals surface area contributed by atoms with Crippen LogP contribution >= 0.6 is 0 Å². The summed E-state index contributed by atoms with van der Waals surface area (Å²) in [5, 5.41) is 2.80. The Balaban J connectivity index is 1.50. The van der Waals surface area contributed by atoms with Gasteiger partial charge in [-0.05, 0) is 62.3 Å². The van der Waals surface area contributed by atoms with Crippen LogP contribution in [0.3, 0.4) is 0 Å². The lowest BCUT2D eigenvalue weighted by atomic mass is 10.1. The molecule has 6 heteroatoms. The van der Waals surface area contributed by atoms with Crippen molar-refractivity contribution in [3.8, 4) is 0 Å². The van der Waals surface area contributed by atoms with E-state index >= 15 is 0 Å². The first kappa shape index (κ1) is 18.4. The number of nitrogens with zero attached hydrogens (tertiary/aromatic N) is 1. The second kappa shape index (κ2) is 8.34. The van der Waals surface area contributed by atoms with Crippen LogP contribution in [0.15, 0.2) is 18.2 Å². The number of nitrogens with one attached hydrogen (secondary N) is 1. The van der Waals surface area contributed by atoms with Gasteiger partial charge in [0.2, 0.25) is 5.91 Å². The standard InChI is InChI=1S/C20H26N2O4/c1-14(26-19(24)13-22-11-4-2-3-8-18(22)23)20(25)21-17-10-9-15-6-5-7-16(15)12-17/h9-10,12,14H,2-8,11,13H2,1H3,(H,21,25)/t14-/m1/s1. The number of hydrogen-bond donors (Lipinski definition) is 1. The Morgan fingerprint density at radius 1 is 1.12 bits per heavy atom. The Morgan fingerprint density at radius 2 is 1.92 bits per heavy atom. The molecule has 6 nitrogen and oxygen atoms in total. The van der Waals surface area contributed by atoms with Crippen molar-refractivity contribution in [1.82, 2.24) is 4.90 Å². The largest absolute Gasteiger partial charge is 0.451 e. The van der Waals surface area contributed by atoms with Gasteiger partial charge in [0.25, 0.3) is 5.91 Å². The van der Waals surface area contributed by atoms with E-state index < -0.39 is 12.1 Å². The molecule has 1 aromatic carbocycles. The van der Waals surface area contributed by atoms with Gasteiger partial charge < -0.3 is 15.0 Å². The molecule has 0 radical (unpaired) electrons. The molecular weight excluding hydrogens is 332 g/mol. The van der Waals surface area contributed by atoms with Crippen molar-refractivity contribution in [3.05, 3.63) is 29.3 Å². The van der Waals surface area contributed by atoms with Crippen molar-refractivity contribution in [3.63, 3.8) is 0 Å². The molecule has 1 aromatic rings. The molecule has 26 heavy (non-hydrogen) atoms. The van der Waals surface area contributed by atoms with Crippen LogP contribution in [0.5, 0.6) is 0 Å². The van der Waals surface area contributed by atoms with Gasteiger partial charge in [0, 0.05) is 18.7 Å². The number of carbonyl (C=O) groups excluding carboxylic acids is 3. The lowest BCUT2D eigenvalue weighted by Crippen LogP contribution is -2.38. The van der Waals surface area contributed by atoms with E-state index in [1.165, 1.54) is 16.0 Å². The summed E-state index contributed by atoms with van der Waals surface area (Å²) in [7, 11) is 0. The molecule has 1 aliphatic carbocycles. The molecule has 3 rings (SSSR count). The number of aryl methyl sites for hydroxylation is 2. The van der Waals surface area contributed by atoms with Gasteiger partial charge in [-0.25, -0.2) is 0 Å². The number of fused-ring (bicyclic) bond motifs is 1. The molecule has 2 amide bonds. The number of benzene rings is 1. The number of hydrogen-bond acceptors (Lipinski definition) is 4. The lowest BCUT2D eigenvalue weighted by Gasteiger charge is -2.21. The van der Waals surface area contributed by atoms with Crippen LogP contribution in [0.25, 0.3) is 0 Å². The van der Waals surface area contributed by atoms with E-state index in [-0.39, 0.29) is 18.4 Å². The molecule has 0 unspecified atom stereocenters. The molecular formula is C20H26N2O4. The highest BCUT2D eigenvalue weighted by Gasteiger charge is 2.23. The molecule has 0 aromatic heterocycles. The number of amides is 2. The number of likely N-dealkylation sites (tertiary alicyclic amines) is 1. The highest BCUT2D eigenvalue weighted by molar-refractivity contribution is 5.95. The molecule has 0 spiro atoms. The van der Waals surface area contributed by atoms with Crippen LogP contribution in [0.2, 0.25) is 0 Å². The molecule has 0 bridgehead atoms. The van der Waals surface area contributed by atoms with E-state index in [4.69, 9.17) is 4.74 Å². The van der Waals surface area contributed by atoms with Crippen LogP contribution in [-0.4, -0.2) is 41.9 Å². The minimum Gasteiger partial charge on any atom is -0.451 e. The topological polar surface area (TPSA) is 75.7 Å². The predicted octanol–water partition coefficient (Wildman–Crippen LogP) is 2.45. The summed E-state index contributed by atoms with van der Waals surface area (Å²) < 4.78 is 5.22. The van der Waals surface area contributed by atoms with Gasteiger partial charge in [-0.3, -0.25) is 14.4 Å². The SMILES string of the molecule is C[C@@H](OC(=O)CN1CCCCCC1=O)C(=O)Nc1ccc2c(c1)CCC2. The first-order chi connectivity index (χ1) is 12.5. The van der Waals surface area contributed by atoms with E-state index in [0.29, 0.717) is 13.0 Å². The fourth-order valence-electron chi connectivity index (χ4n) is 3.54. The lowest BCUT2D eigenvalue weighted by molar-refractivity contribution is -0.156. The summed E-state index contributed by atoms with van der Waals surface area (Å²) in [6, 6.07) is 5.91. The Kier molecular flexibility index (Phi) is 5.91. The molecule has 1 fully saturated rings. The molecule has 2 aliphatic rings. The van der Waals surface area contributed by atoms with Crippen molar-refractivity contribution in [1.29, 1.82) is 0 Å². The fourth-order valence-corrected chi connectivity index (χ4v) is 3.54. The predicted molar refractivity (Wildman–Crippen MR) is 97.7 cm³/mol. The first-order valence-electron chi connectivity index (χ1n) is 9.43. The Morgan fingerprint density at radius 3 is 2.77 bits per heavy atom. The zero-order chi connectivity index (χ0) is 18.5. The van der Waals surface area contributed by atoms with E-state index in [1.54, 1.807) is 6.92 Å². The van der Waals surface area contributed by atoms with Crippen molar-refractivity contribution in [2.45, 2.75) is 58.0 Å². The average Bonchev–Trinajstić information content (AvgIpc) is 2.98. The summed E-state index contributed by atoms with van der Waals surface area (Å²) in [5.41, 5.74) is 3.33. The van der Waals surface area contributed by atoms with Gasteiger partial charge >= 0.3 is 5.97 Å². The molecule has 140 valence electrons. The smallest absolute Gasteiger partial charge is 0.326 e. The van der Waals surface area contributed by atoms with E-state index in [0.717, 1.165) is 44.2 Å². The second-order valence-electron chi connectivity index (χ2n) is 7.08. The van der Waals surface area contributed by atoms with Gasteiger partial charge in [0.1, 0.15) is 6.54 Å². The number of rotatable bonds is 5. The zero-order valence-electron chi connectivity index (χ0n) is 15.3. The van der Waals surface area contributed by atoms with Crippen molar-refractivity contribution in [2.24, 2.45) is 0 Å². The van der Waals surface area contributed by atoms with Crippen LogP contribution < -0.4 is 5.32 Å². The molecule has 1 heterocycles. The quantitative estimate of drug-likeness (QED) is 0.821. The van der Waals surface area contributed by atoms with Crippen molar-refractivity contribution >= 4 is 23.5 Å². The average molecular weight is 358 g/mol. The van der Waals surface area contributed by atoms with Gasteiger partial charge in [0.05, 0.1) is 0 Å². The second-order valence-corrected chi connectivity index (χ2v) is 7.08. The van der Waals surface area contributed by atoms with E-state index in [1.807, 2.05) is 18.2 Å². The van der Waals surface area contributed by atoms with Gasteiger partial charge in [-0.15, -0.1) is 0 Å². The van der Waals surface area contributed by atoms with Crippen molar-refractivity contribution in [2.75, 3.05) is 18.4 Å². The highest BCUT2D eigenvalue weighted by atomic mass is 16.5. The maximum Gasteiger partial charge on any atom is 0.326 e. The minimum absolute atomic E-state index is 0.0188. The summed E-state index contributed by atoms with van der Waals surface area (Å²) >= 11 is 0. The first-order valence-corrected chi connectivity index (χ1v) is 9.43. The fraction of sp³-hybridized carbons (Fsp3) is 0.550. The van der Waals surface area contributed by atoms with Crippen LogP contribution in [-0.2, 0) is 32.0 Å². The monoisotopic (exact) mass is 358 g/mol. The maximum absolute atomic E-state index is 12.3. The van der Waals surface area contributed by atoms with Gasteiger partial charge in [-0.2, -0.15) is 0 Å². The third kappa shape index (κ3) is 4.62. The summed E-state index contributed by atoms with van der Waals surface area (Å²) in [5.74, 6) is -0.926. The number of esters is 1. The van der Waals surface area contributed by atoms with Crippen LogP contribution in [0, 0.1) is 0 Å². The Bertz CT molecular complexity index is 701. The maximum atomic E-state index is 12.3. The highest BCUT2D eigenvalue weighted by Crippen LogP contribution is 2.25. The molecule has 1 aliphatic heterocycles. The van der Waals surface area contributed by atoms with E-state index in [9.17, 15) is 14.4 Å². The molecule has 1 atom stereocenters. The van der Waals surface area contributed by atoms with E-state index in [2.05, 4.69) is 5.32 Å². The van der Waals surface area contributed by atoms with Gasteiger partial charge in [-0.1, -0.05) is 12.5 Å². The van der Waals surface area contributed by atoms with Crippen LogP contribution in [0.4, 0.5) is 5.69 Å². The minimum atomic E-state index is -0.905. The Labute approximate surface area is 153 Å². The molecule has 1 N–H and O–H groups in total. The zero-order valence-corrected chi connectivity index (χ0v) is 15.3. The normalized spacial score (nSPS) is 18.0. The number of anilines is 1. The number of carbonyl (C=O) groups is 3. The van der Waals surface area contributed by atoms with Gasteiger partial charge in [0.15, 0.2) is 6.10 Å². The summed E-state index contributed by atoms with van der Waals surface area (Å²) in [6.07, 6.45) is 5.60. The van der Waals surface area contributed by atoms with Crippen molar-refractivity contribution < 1.29 is 19.1 Å². The summed E-state index contributed by atoms with van der Waals surface area (Å²) in [6.45, 7) is 2.03. The number of ether oxygens (including phenoxy) is 1. The molecule has 0 saturated carbocycles. The summed E-state index contributed by atoms with van der Waals surface area (Å²) in [4.78, 5) is 37.9. The third-order valence-corrected chi connectivity index (χ3v) is 5.03. The van der Waals surface area contributed by atoms with Crippen LogP contribution in [0.1, 0.15) is 50.2 Å². The molecule has 1 saturated heterocycles. The Hall–Kier alpha value is -2.37. The third-order valence-electron chi connectivity index (χ3n) is 5.03.